The first kappa shape index (κ1) is 13.0. The Balaban J connectivity index is 1.45. The number of carbonyl (C=O) groups excluding carboxylic acids is 1. The Hall–Kier alpha value is -1.96. The van der Waals surface area contributed by atoms with E-state index in [0.717, 1.165) is 36.5 Å². The third-order valence-corrected chi connectivity index (χ3v) is 4.22. The van der Waals surface area contributed by atoms with E-state index in [0.29, 0.717) is 5.92 Å². The SMILES string of the molecule is O=C(Nc1ccns1)NC1CCC(c2ncn[nH]2)CC1. The molecule has 1 aliphatic rings. The van der Waals surface area contributed by atoms with Gasteiger partial charge in [-0.3, -0.25) is 10.4 Å². The molecule has 106 valence electrons. The highest BCUT2D eigenvalue weighted by Gasteiger charge is 2.25. The van der Waals surface area contributed by atoms with Crippen molar-refractivity contribution in [3.8, 4) is 0 Å². The molecular weight excluding hydrogens is 276 g/mol. The lowest BCUT2D eigenvalue weighted by molar-refractivity contribution is 0.242. The van der Waals surface area contributed by atoms with E-state index in [9.17, 15) is 4.79 Å². The van der Waals surface area contributed by atoms with E-state index in [1.165, 1.54) is 11.5 Å². The third kappa shape index (κ3) is 3.13. The minimum Gasteiger partial charge on any atom is -0.335 e. The molecule has 1 fully saturated rings. The van der Waals surface area contributed by atoms with Gasteiger partial charge in [-0.05, 0) is 43.3 Å². The van der Waals surface area contributed by atoms with E-state index in [-0.39, 0.29) is 12.1 Å². The average molecular weight is 292 g/mol. The van der Waals surface area contributed by atoms with Crippen LogP contribution in [0.4, 0.5) is 9.80 Å². The van der Waals surface area contributed by atoms with Crippen LogP contribution in [-0.4, -0.2) is 31.6 Å². The fraction of sp³-hybridized carbons (Fsp3) is 0.500. The van der Waals surface area contributed by atoms with Crippen LogP contribution in [0.25, 0.3) is 0 Å². The van der Waals surface area contributed by atoms with Crippen molar-refractivity contribution in [2.24, 2.45) is 0 Å². The van der Waals surface area contributed by atoms with Crippen LogP contribution >= 0.6 is 11.5 Å². The van der Waals surface area contributed by atoms with Crippen LogP contribution in [0, 0.1) is 0 Å². The molecule has 3 rings (SSSR count). The number of hydrogen-bond donors (Lipinski definition) is 3. The molecule has 8 heteroatoms. The quantitative estimate of drug-likeness (QED) is 0.807. The van der Waals surface area contributed by atoms with E-state index < -0.39 is 0 Å². The van der Waals surface area contributed by atoms with Gasteiger partial charge >= 0.3 is 6.03 Å². The highest BCUT2D eigenvalue weighted by atomic mass is 32.1. The zero-order chi connectivity index (χ0) is 13.8. The highest BCUT2D eigenvalue weighted by Crippen LogP contribution is 2.30. The summed E-state index contributed by atoms with van der Waals surface area (Å²) < 4.78 is 3.94. The Bertz CT molecular complexity index is 532. The third-order valence-electron chi connectivity index (χ3n) is 3.56. The van der Waals surface area contributed by atoms with Crippen molar-refractivity contribution in [2.45, 2.75) is 37.6 Å². The van der Waals surface area contributed by atoms with Gasteiger partial charge in [-0.25, -0.2) is 9.78 Å². The summed E-state index contributed by atoms with van der Waals surface area (Å²) in [4.78, 5) is 16.0. The molecule has 2 aromatic heterocycles. The Morgan fingerprint density at radius 2 is 2.20 bits per heavy atom. The number of anilines is 1. The second-order valence-corrected chi connectivity index (χ2v) is 5.73. The first-order chi connectivity index (χ1) is 9.81. The summed E-state index contributed by atoms with van der Waals surface area (Å²) >= 11 is 1.27. The zero-order valence-electron chi connectivity index (χ0n) is 10.9. The molecule has 2 aromatic rings. The Labute approximate surface area is 120 Å². The van der Waals surface area contributed by atoms with Crippen LogP contribution in [0.15, 0.2) is 18.6 Å². The summed E-state index contributed by atoms with van der Waals surface area (Å²) in [5.74, 6) is 1.39. The molecule has 0 bridgehead atoms. The summed E-state index contributed by atoms with van der Waals surface area (Å²) in [5, 5.41) is 13.4. The van der Waals surface area contributed by atoms with Crippen molar-refractivity contribution in [3.63, 3.8) is 0 Å². The van der Waals surface area contributed by atoms with Gasteiger partial charge in [0.25, 0.3) is 0 Å². The van der Waals surface area contributed by atoms with Crippen LogP contribution < -0.4 is 10.6 Å². The molecule has 0 atom stereocenters. The lowest BCUT2D eigenvalue weighted by Gasteiger charge is -2.27. The molecule has 0 radical (unpaired) electrons. The summed E-state index contributed by atoms with van der Waals surface area (Å²) in [6.45, 7) is 0. The topological polar surface area (TPSA) is 95.6 Å². The van der Waals surface area contributed by atoms with Gasteiger partial charge in [0.2, 0.25) is 0 Å². The van der Waals surface area contributed by atoms with Crippen LogP contribution in [0.2, 0.25) is 0 Å². The fourth-order valence-electron chi connectivity index (χ4n) is 2.54. The Morgan fingerprint density at radius 1 is 1.35 bits per heavy atom. The van der Waals surface area contributed by atoms with Gasteiger partial charge in [0.15, 0.2) is 0 Å². The predicted octanol–water partition coefficient (Wildman–Crippen LogP) is 2.11. The molecule has 0 unspecified atom stereocenters. The minimum atomic E-state index is -0.155. The number of H-pyrrole nitrogens is 1. The minimum absolute atomic E-state index is 0.155. The maximum absolute atomic E-state index is 11.8. The predicted molar refractivity (Wildman–Crippen MR) is 75.6 cm³/mol. The molecule has 0 spiro atoms. The van der Waals surface area contributed by atoms with Gasteiger partial charge < -0.3 is 5.32 Å². The van der Waals surface area contributed by atoms with Gasteiger partial charge in [-0.2, -0.15) is 9.47 Å². The largest absolute Gasteiger partial charge is 0.335 e. The maximum atomic E-state index is 11.8. The molecule has 2 heterocycles. The van der Waals surface area contributed by atoms with Crippen LogP contribution in [0.1, 0.15) is 37.4 Å². The number of rotatable bonds is 3. The Kier molecular flexibility index (Phi) is 3.91. The lowest BCUT2D eigenvalue weighted by Crippen LogP contribution is -2.39. The summed E-state index contributed by atoms with van der Waals surface area (Å²) in [5.41, 5.74) is 0. The monoisotopic (exact) mass is 292 g/mol. The van der Waals surface area contributed by atoms with Crippen molar-refractivity contribution in [2.75, 3.05) is 5.32 Å². The summed E-state index contributed by atoms with van der Waals surface area (Å²) in [6.07, 6.45) is 7.16. The summed E-state index contributed by atoms with van der Waals surface area (Å²) in [7, 11) is 0. The van der Waals surface area contributed by atoms with E-state index >= 15 is 0 Å². The van der Waals surface area contributed by atoms with Crippen molar-refractivity contribution >= 4 is 22.6 Å². The highest BCUT2D eigenvalue weighted by molar-refractivity contribution is 7.10. The molecule has 1 saturated carbocycles. The van der Waals surface area contributed by atoms with Crippen LogP contribution in [0.5, 0.6) is 0 Å². The van der Waals surface area contributed by atoms with Gasteiger partial charge in [0.1, 0.15) is 17.2 Å². The number of aromatic nitrogens is 4. The number of nitrogens with one attached hydrogen (secondary N) is 3. The maximum Gasteiger partial charge on any atom is 0.320 e. The van der Waals surface area contributed by atoms with Crippen LogP contribution in [0.3, 0.4) is 0 Å². The molecule has 2 amide bonds. The molecule has 3 N–H and O–H groups in total. The summed E-state index contributed by atoms with van der Waals surface area (Å²) in [6, 6.07) is 1.85. The molecule has 7 nitrogen and oxygen atoms in total. The van der Waals surface area contributed by atoms with Crippen molar-refractivity contribution in [1.82, 2.24) is 24.9 Å². The lowest BCUT2D eigenvalue weighted by atomic mass is 9.85. The number of urea groups is 1. The molecule has 0 aromatic carbocycles. The van der Waals surface area contributed by atoms with Gasteiger partial charge in [-0.1, -0.05) is 0 Å². The first-order valence-corrected chi connectivity index (χ1v) is 7.42. The molecule has 0 saturated heterocycles. The molecule has 0 aliphatic heterocycles. The van der Waals surface area contributed by atoms with Crippen molar-refractivity contribution < 1.29 is 4.79 Å². The number of carbonyl (C=O) groups is 1. The van der Waals surface area contributed by atoms with Gasteiger partial charge in [0, 0.05) is 18.2 Å². The number of hydrogen-bond acceptors (Lipinski definition) is 5. The van der Waals surface area contributed by atoms with Crippen molar-refractivity contribution in [1.29, 1.82) is 0 Å². The Morgan fingerprint density at radius 3 is 2.85 bits per heavy atom. The van der Waals surface area contributed by atoms with E-state index in [1.54, 1.807) is 18.6 Å². The molecule has 1 aliphatic carbocycles. The normalized spacial score (nSPS) is 22.4. The van der Waals surface area contributed by atoms with Crippen LogP contribution in [-0.2, 0) is 0 Å². The second-order valence-electron chi connectivity index (χ2n) is 4.89. The first-order valence-electron chi connectivity index (χ1n) is 6.64. The zero-order valence-corrected chi connectivity index (χ0v) is 11.7. The van der Waals surface area contributed by atoms with E-state index in [4.69, 9.17) is 0 Å². The standard InChI is InChI=1S/C12H16N6OS/c19-12(17-10-5-6-15-20-10)16-9-3-1-8(2-4-9)11-13-7-14-18-11/h5-9H,1-4H2,(H,13,14,18)(H2,16,17,19). The number of nitrogens with zero attached hydrogens (tertiary/aromatic N) is 3. The molecular formula is C12H16N6OS. The average Bonchev–Trinajstić information content (AvgIpc) is 3.12. The number of amides is 2. The fourth-order valence-corrected chi connectivity index (χ4v) is 3.03. The second kappa shape index (κ2) is 6.00. The van der Waals surface area contributed by atoms with Gasteiger partial charge in [0.05, 0.1) is 0 Å². The smallest absolute Gasteiger partial charge is 0.320 e. The van der Waals surface area contributed by atoms with Crippen molar-refractivity contribution in [3.05, 3.63) is 24.4 Å². The van der Waals surface area contributed by atoms with E-state index in [1.807, 2.05) is 0 Å². The van der Waals surface area contributed by atoms with E-state index in [2.05, 4.69) is 30.2 Å². The van der Waals surface area contributed by atoms with Gasteiger partial charge in [-0.15, -0.1) is 0 Å². The number of aromatic amines is 1. The molecule has 20 heavy (non-hydrogen) atoms.